The standard InChI is InChI=1S/C11H21NO3/c1-7(11(13)15-4)8(2)12-9-5-10(6-9)14-3/h7-10,12H,5-6H2,1-4H3. The molecule has 1 saturated carbocycles. The number of rotatable bonds is 5. The van der Waals surface area contributed by atoms with E-state index in [0.29, 0.717) is 12.1 Å². The highest BCUT2D eigenvalue weighted by Gasteiger charge is 2.32. The van der Waals surface area contributed by atoms with Crippen molar-refractivity contribution in [2.45, 2.75) is 44.9 Å². The van der Waals surface area contributed by atoms with E-state index in [2.05, 4.69) is 5.32 Å². The Balaban J connectivity index is 2.24. The molecule has 0 radical (unpaired) electrons. The molecular formula is C11H21NO3. The molecule has 1 N–H and O–H groups in total. The van der Waals surface area contributed by atoms with E-state index < -0.39 is 0 Å². The van der Waals surface area contributed by atoms with Gasteiger partial charge in [0, 0.05) is 19.2 Å². The summed E-state index contributed by atoms with van der Waals surface area (Å²) < 4.78 is 9.90. The molecule has 1 aliphatic rings. The van der Waals surface area contributed by atoms with Gasteiger partial charge in [-0.2, -0.15) is 0 Å². The Morgan fingerprint density at radius 3 is 2.40 bits per heavy atom. The van der Waals surface area contributed by atoms with Gasteiger partial charge in [-0.05, 0) is 19.8 Å². The highest BCUT2D eigenvalue weighted by Crippen LogP contribution is 2.23. The monoisotopic (exact) mass is 215 g/mol. The topological polar surface area (TPSA) is 47.6 Å². The van der Waals surface area contributed by atoms with Gasteiger partial charge in [-0.15, -0.1) is 0 Å². The molecule has 0 aromatic carbocycles. The molecule has 2 unspecified atom stereocenters. The van der Waals surface area contributed by atoms with Gasteiger partial charge in [0.1, 0.15) is 0 Å². The van der Waals surface area contributed by atoms with Crippen LogP contribution in [0.4, 0.5) is 0 Å². The van der Waals surface area contributed by atoms with Gasteiger partial charge in [0.05, 0.1) is 19.1 Å². The first kappa shape index (κ1) is 12.5. The quantitative estimate of drug-likeness (QED) is 0.694. The van der Waals surface area contributed by atoms with Gasteiger partial charge in [0.2, 0.25) is 0 Å². The van der Waals surface area contributed by atoms with Crippen molar-refractivity contribution in [3.05, 3.63) is 0 Å². The third kappa shape index (κ3) is 3.18. The molecule has 4 nitrogen and oxygen atoms in total. The number of hydrogen-bond donors (Lipinski definition) is 1. The number of carbonyl (C=O) groups excluding carboxylic acids is 1. The van der Waals surface area contributed by atoms with Crippen molar-refractivity contribution < 1.29 is 14.3 Å². The summed E-state index contributed by atoms with van der Waals surface area (Å²) >= 11 is 0. The number of esters is 1. The SMILES string of the molecule is COC(=O)C(C)C(C)NC1CC(OC)C1. The zero-order chi connectivity index (χ0) is 11.4. The summed E-state index contributed by atoms with van der Waals surface area (Å²) in [6, 6.07) is 0.636. The van der Waals surface area contributed by atoms with E-state index in [-0.39, 0.29) is 17.9 Å². The Labute approximate surface area is 91.3 Å². The first-order valence-electron chi connectivity index (χ1n) is 5.45. The van der Waals surface area contributed by atoms with E-state index in [1.807, 2.05) is 13.8 Å². The van der Waals surface area contributed by atoms with E-state index in [9.17, 15) is 4.79 Å². The Kier molecular flexibility index (Phi) is 4.54. The Hall–Kier alpha value is -0.610. The van der Waals surface area contributed by atoms with Crippen LogP contribution in [0.15, 0.2) is 0 Å². The first-order valence-corrected chi connectivity index (χ1v) is 5.45. The number of carbonyl (C=O) groups is 1. The highest BCUT2D eigenvalue weighted by atomic mass is 16.5. The smallest absolute Gasteiger partial charge is 0.309 e. The van der Waals surface area contributed by atoms with Crippen LogP contribution in [0.25, 0.3) is 0 Å². The van der Waals surface area contributed by atoms with Gasteiger partial charge >= 0.3 is 5.97 Å². The van der Waals surface area contributed by atoms with Crippen LogP contribution in [-0.2, 0) is 14.3 Å². The van der Waals surface area contributed by atoms with E-state index in [0.717, 1.165) is 12.8 Å². The summed E-state index contributed by atoms with van der Waals surface area (Å²) in [6.07, 6.45) is 2.46. The predicted molar refractivity (Wildman–Crippen MR) is 57.6 cm³/mol. The maximum atomic E-state index is 11.3. The summed E-state index contributed by atoms with van der Waals surface area (Å²) in [6.45, 7) is 3.90. The van der Waals surface area contributed by atoms with Crippen LogP contribution in [0.1, 0.15) is 26.7 Å². The summed E-state index contributed by atoms with van der Waals surface area (Å²) in [5.41, 5.74) is 0. The molecule has 1 aliphatic carbocycles. The van der Waals surface area contributed by atoms with Crippen LogP contribution in [-0.4, -0.2) is 38.4 Å². The molecule has 88 valence electrons. The van der Waals surface area contributed by atoms with Crippen molar-refractivity contribution in [2.75, 3.05) is 14.2 Å². The van der Waals surface area contributed by atoms with Gasteiger partial charge in [0.25, 0.3) is 0 Å². The maximum Gasteiger partial charge on any atom is 0.309 e. The maximum absolute atomic E-state index is 11.3. The molecule has 0 bridgehead atoms. The average molecular weight is 215 g/mol. The lowest BCUT2D eigenvalue weighted by atomic mass is 9.87. The number of methoxy groups -OCH3 is 2. The molecule has 0 aromatic rings. The largest absolute Gasteiger partial charge is 0.469 e. The van der Waals surface area contributed by atoms with Crippen LogP contribution < -0.4 is 5.32 Å². The van der Waals surface area contributed by atoms with Gasteiger partial charge in [-0.3, -0.25) is 4.79 Å². The fraction of sp³-hybridized carbons (Fsp3) is 0.909. The minimum Gasteiger partial charge on any atom is -0.469 e. The number of nitrogens with one attached hydrogen (secondary N) is 1. The molecule has 0 amide bonds. The van der Waals surface area contributed by atoms with Gasteiger partial charge < -0.3 is 14.8 Å². The predicted octanol–water partition coefficient (Wildman–Crippen LogP) is 0.951. The number of ether oxygens (including phenoxy) is 2. The van der Waals surface area contributed by atoms with E-state index >= 15 is 0 Å². The van der Waals surface area contributed by atoms with E-state index in [4.69, 9.17) is 9.47 Å². The fourth-order valence-corrected chi connectivity index (χ4v) is 1.80. The Bertz CT molecular complexity index is 214. The van der Waals surface area contributed by atoms with Crippen molar-refractivity contribution in [3.8, 4) is 0 Å². The molecule has 0 aliphatic heterocycles. The summed E-state index contributed by atoms with van der Waals surface area (Å²) in [5.74, 6) is -0.255. The highest BCUT2D eigenvalue weighted by molar-refractivity contribution is 5.72. The lowest BCUT2D eigenvalue weighted by Crippen LogP contribution is -2.51. The van der Waals surface area contributed by atoms with Crippen molar-refractivity contribution in [1.29, 1.82) is 0 Å². The molecule has 1 rings (SSSR count). The molecule has 2 atom stereocenters. The minimum atomic E-state index is -0.155. The Morgan fingerprint density at radius 1 is 1.33 bits per heavy atom. The fourth-order valence-electron chi connectivity index (χ4n) is 1.80. The lowest BCUT2D eigenvalue weighted by Gasteiger charge is -2.37. The molecule has 0 heterocycles. The molecular weight excluding hydrogens is 194 g/mol. The second kappa shape index (κ2) is 5.47. The first-order chi connectivity index (χ1) is 7.08. The van der Waals surface area contributed by atoms with Crippen LogP contribution in [0.3, 0.4) is 0 Å². The number of hydrogen-bond acceptors (Lipinski definition) is 4. The van der Waals surface area contributed by atoms with Crippen molar-refractivity contribution in [1.82, 2.24) is 5.32 Å². The average Bonchev–Trinajstić information content (AvgIpc) is 2.19. The van der Waals surface area contributed by atoms with E-state index in [1.54, 1.807) is 7.11 Å². The Morgan fingerprint density at radius 2 is 1.93 bits per heavy atom. The minimum absolute atomic E-state index is 0.100. The molecule has 15 heavy (non-hydrogen) atoms. The zero-order valence-corrected chi connectivity index (χ0v) is 9.95. The third-order valence-corrected chi connectivity index (χ3v) is 3.25. The molecule has 4 heteroatoms. The van der Waals surface area contributed by atoms with Crippen LogP contribution in [0, 0.1) is 5.92 Å². The molecule has 0 aromatic heterocycles. The van der Waals surface area contributed by atoms with Gasteiger partial charge in [0.15, 0.2) is 0 Å². The van der Waals surface area contributed by atoms with Gasteiger partial charge in [-0.1, -0.05) is 6.92 Å². The third-order valence-electron chi connectivity index (χ3n) is 3.25. The van der Waals surface area contributed by atoms with Crippen LogP contribution in [0.5, 0.6) is 0 Å². The van der Waals surface area contributed by atoms with Crippen molar-refractivity contribution in [2.24, 2.45) is 5.92 Å². The summed E-state index contributed by atoms with van der Waals surface area (Å²) in [4.78, 5) is 11.3. The van der Waals surface area contributed by atoms with Crippen LogP contribution >= 0.6 is 0 Å². The van der Waals surface area contributed by atoms with Crippen molar-refractivity contribution >= 4 is 5.97 Å². The second-order valence-electron chi connectivity index (χ2n) is 4.29. The molecule has 1 fully saturated rings. The van der Waals surface area contributed by atoms with Gasteiger partial charge in [-0.25, -0.2) is 0 Å². The zero-order valence-electron chi connectivity index (χ0n) is 9.95. The summed E-state index contributed by atoms with van der Waals surface area (Å²) in [5, 5.41) is 3.41. The second-order valence-corrected chi connectivity index (χ2v) is 4.29. The molecule has 0 saturated heterocycles. The van der Waals surface area contributed by atoms with Crippen LogP contribution in [0.2, 0.25) is 0 Å². The normalized spacial score (nSPS) is 29.1. The van der Waals surface area contributed by atoms with E-state index in [1.165, 1.54) is 7.11 Å². The molecule has 0 spiro atoms. The lowest BCUT2D eigenvalue weighted by molar-refractivity contribution is -0.145. The van der Waals surface area contributed by atoms with Crippen molar-refractivity contribution in [3.63, 3.8) is 0 Å². The summed E-state index contributed by atoms with van der Waals surface area (Å²) in [7, 11) is 3.16.